The third-order valence-corrected chi connectivity index (χ3v) is 3.77. The topological polar surface area (TPSA) is 67.5 Å². The molecule has 6 heteroatoms. The molecule has 0 saturated heterocycles. The summed E-state index contributed by atoms with van der Waals surface area (Å²) in [6, 6.07) is 4.29. The molecule has 5 nitrogen and oxygen atoms in total. The number of nitrogens with zero attached hydrogens (tertiary/aromatic N) is 1. The van der Waals surface area contributed by atoms with Gasteiger partial charge in [0.1, 0.15) is 29.6 Å². The summed E-state index contributed by atoms with van der Waals surface area (Å²) >= 11 is 0. The molecule has 0 radical (unpaired) electrons. The number of rotatable bonds is 6. The molecule has 1 aliphatic carbocycles. The highest BCUT2D eigenvalue weighted by atomic mass is 19.1. The first-order chi connectivity index (χ1) is 10.8. The molecule has 0 amide bonds. The van der Waals surface area contributed by atoms with Crippen molar-refractivity contribution in [1.29, 1.82) is 0 Å². The van der Waals surface area contributed by atoms with Gasteiger partial charge in [-0.3, -0.25) is 0 Å². The van der Waals surface area contributed by atoms with E-state index in [2.05, 4.69) is 10.5 Å². The first-order valence-corrected chi connectivity index (χ1v) is 7.51. The van der Waals surface area contributed by atoms with Gasteiger partial charge in [0.15, 0.2) is 0 Å². The maximum absolute atomic E-state index is 13.3. The van der Waals surface area contributed by atoms with Crippen molar-refractivity contribution < 1.29 is 18.8 Å². The molecule has 0 atom stereocenters. The van der Waals surface area contributed by atoms with Crippen LogP contribution in [0.2, 0.25) is 0 Å². The van der Waals surface area contributed by atoms with Gasteiger partial charge in [0.2, 0.25) is 0 Å². The molecule has 2 N–H and O–H groups in total. The smallest absolute Gasteiger partial charge is 0.145 e. The number of fused-ring (bicyclic) bond motifs is 1. The molecule has 0 saturated carbocycles. The van der Waals surface area contributed by atoms with Crippen LogP contribution in [-0.2, 0) is 19.4 Å². The summed E-state index contributed by atoms with van der Waals surface area (Å²) in [5.41, 5.74) is 2.76. The lowest BCUT2D eigenvalue weighted by Gasteiger charge is -2.13. The summed E-state index contributed by atoms with van der Waals surface area (Å²) in [5, 5.41) is 16.2. The van der Waals surface area contributed by atoms with Crippen molar-refractivity contribution in [2.24, 2.45) is 0 Å². The van der Waals surface area contributed by atoms with E-state index in [1.54, 1.807) is 6.07 Å². The van der Waals surface area contributed by atoms with Crippen LogP contribution in [0.15, 0.2) is 22.7 Å². The number of halogens is 1. The van der Waals surface area contributed by atoms with E-state index >= 15 is 0 Å². The first kappa shape index (κ1) is 14.8. The number of anilines is 1. The SMILES string of the molecule is OCCOc1cc(F)ccc1NCc1noc2c1CCCC2. The van der Waals surface area contributed by atoms with E-state index in [4.69, 9.17) is 14.4 Å². The highest BCUT2D eigenvalue weighted by Gasteiger charge is 2.19. The number of hydrogen-bond acceptors (Lipinski definition) is 5. The molecule has 118 valence electrons. The van der Waals surface area contributed by atoms with Gasteiger partial charge in [0.25, 0.3) is 0 Å². The zero-order valence-corrected chi connectivity index (χ0v) is 12.3. The van der Waals surface area contributed by atoms with Crippen LogP contribution in [0.4, 0.5) is 10.1 Å². The molecule has 0 bridgehead atoms. The monoisotopic (exact) mass is 306 g/mol. The maximum Gasteiger partial charge on any atom is 0.145 e. The lowest BCUT2D eigenvalue weighted by Crippen LogP contribution is -2.08. The largest absolute Gasteiger partial charge is 0.489 e. The summed E-state index contributed by atoms with van der Waals surface area (Å²) in [7, 11) is 0. The van der Waals surface area contributed by atoms with Crippen LogP contribution in [0.5, 0.6) is 5.75 Å². The van der Waals surface area contributed by atoms with Gasteiger partial charge in [-0.1, -0.05) is 5.16 Å². The van der Waals surface area contributed by atoms with Gasteiger partial charge in [0, 0.05) is 18.1 Å². The van der Waals surface area contributed by atoms with Crippen molar-refractivity contribution in [3.8, 4) is 5.75 Å². The molecule has 0 spiro atoms. The summed E-state index contributed by atoms with van der Waals surface area (Å²) < 4.78 is 24.0. The van der Waals surface area contributed by atoms with Gasteiger partial charge in [0.05, 0.1) is 18.8 Å². The number of aromatic nitrogens is 1. The van der Waals surface area contributed by atoms with E-state index < -0.39 is 0 Å². The molecule has 0 unspecified atom stereocenters. The van der Waals surface area contributed by atoms with Crippen molar-refractivity contribution in [2.45, 2.75) is 32.2 Å². The lowest BCUT2D eigenvalue weighted by atomic mass is 9.96. The number of ether oxygens (including phenoxy) is 1. The van der Waals surface area contributed by atoms with Crippen molar-refractivity contribution >= 4 is 5.69 Å². The number of aryl methyl sites for hydroxylation is 1. The Balaban J connectivity index is 1.72. The second kappa shape index (κ2) is 6.79. The number of aliphatic hydroxyl groups is 1. The number of hydrogen-bond donors (Lipinski definition) is 2. The molecule has 1 aromatic carbocycles. The summed E-state index contributed by atoms with van der Waals surface area (Å²) in [5.74, 6) is 0.989. The van der Waals surface area contributed by atoms with Crippen LogP contribution >= 0.6 is 0 Å². The van der Waals surface area contributed by atoms with Crippen LogP contribution in [0.25, 0.3) is 0 Å². The normalized spacial score (nSPS) is 13.7. The van der Waals surface area contributed by atoms with Crippen LogP contribution in [0, 0.1) is 5.82 Å². The molecule has 1 aliphatic rings. The third-order valence-electron chi connectivity index (χ3n) is 3.77. The average molecular weight is 306 g/mol. The fraction of sp³-hybridized carbons (Fsp3) is 0.438. The van der Waals surface area contributed by atoms with Gasteiger partial charge in [-0.05, 0) is 31.4 Å². The predicted octanol–water partition coefficient (Wildman–Crippen LogP) is 2.68. The molecule has 0 aliphatic heterocycles. The summed E-state index contributed by atoms with van der Waals surface area (Å²) in [4.78, 5) is 0. The minimum atomic E-state index is -0.377. The van der Waals surface area contributed by atoms with Gasteiger partial charge in [-0.25, -0.2) is 4.39 Å². The Morgan fingerprint density at radius 1 is 1.32 bits per heavy atom. The first-order valence-electron chi connectivity index (χ1n) is 7.51. The Labute approximate surface area is 128 Å². The molecule has 1 aromatic heterocycles. The summed E-state index contributed by atoms with van der Waals surface area (Å²) in [6.07, 6.45) is 4.24. The van der Waals surface area contributed by atoms with Gasteiger partial charge >= 0.3 is 0 Å². The third kappa shape index (κ3) is 3.22. The van der Waals surface area contributed by atoms with Crippen LogP contribution in [0.1, 0.15) is 29.9 Å². The molecule has 3 rings (SSSR count). The average Bonchev–Trinajstić information content (AvgIpc) is 2.95. The Kier molecular flexibility index (Phi) is 4.58. The number of aliphatic hydroxyl groups excluding tert-OH is 1. The van der Waals surface area contributed by atoms with Gasteiger partial charge in [-0.2, -0.15) is 0 Å². The zero-order valence-electron chi connectivity index (χ0n) is 12.3. The summed E-state index contributed by atoms with van der Waals surface area (Å²) in [6.45, 7) is 0.504. The van der Waals surface area contributed by atoms with Crippen LogP contribution < -0.4 is 10.1 Å². The quantitative estimate of drug-likeness (QED) is 0.859. The Bertz CT molecular complexity index is 642. The standard InChI is InChI=1S/C16H19FN2O3/c17-11-5-6-13(16(9-11)21-8-7-20)18-10-14-12-3-1-2-4-15(12)22-19-14/h5-6,9,18,20H,1-4,7-8,10H2. The van der Waals surface area contributed by atoms with E-state index in [-0.39, 0.29) is 19.0 Å². The number of benzene rings is 1. The Morgan fingerprint density at radius 2 is 2.18 bits per heavy atom. The van der Waals surface area contributed by atoms with Gasteiger partial charge in [-0.15, -0.1) is 0 Å². The highest BCUT2D eigenvalue weighted by Crippen LogP contribution is 2.28. The van der Waals surface area contributed by atoms with Crippen molar-refractivity contribution in [2.75, 3.05) is 18.5 Å². The maximum atomic E-state index is 13.3. The molecular weight excluding hydrogens is 287 g/mol. The van der Waals surface area contributed by atoms with Gasteiger partial charge < -0.3 is 19.7 Å². The number of nitrogens with one attached hydrogen (secondary N) is 1. The van der Waals surface area contributed by atoms with E-state index in [1.165, 1.54) is 17.7 Å². The molecular formula is C16H19FN2O3. The second-order valence-corrected chi connectivity index (χ2v) is 5.30. The second-order valence-electron chi connectivity index (χ2n) is 5.30. The van der Waals surface area contributed by atoms with Crippen LogP contribution in [-0.4, -0.2) is 23.5 Å². The Morgan fingerprint density at radius 3 is 3.05 bits per heavy atom. The molecule has 1 heterocycles. The van der Waals surface area contributed by atoms with Crippen molar-refractivity contribution in [3.63, 3.8) is 0 Å². The fourth-order valence-electron chi connectivity index (χ4n) is 2.68. The Hall–Kier alpha value is -2.08. The zero-order chi connectivity index (χ0) is 15.4. The van der Waals surface area contributed by atoms with E-state index in [1.807, 2.05) is 0 Å². The van der Waals surface area contributed by atoms with E-state index in [0.29, 0.717) is 18.0 Å². The molecule has 2 aromatic rings. The van der Waals surface area contributed by atoms with Crippen LogP contribution in [0.3, 0.4) is 0 Å². The van der Waals surface area contributed by atoms with Crippen molar-refractivity contribution in [3.05, 3.63) is 41.0 Å². The van der Waals surface area contributed by atoms with E-state index in [0.717, 1.165) is 37.1 Å². The van der Waals surface area contributed by atoms with Crippen molar-refractivity contribution in [1.82, 2.24) is 5.16 Å². The minimum Gasteiger partial charge on any atom is -0.489 e. The highest BCUT2D eigenvalue weighted by molar-refractivity contribution is 5.56. The fourth-order valence-corrected chi connectivity index (χ4v) is 2.68. The van der Waals surface area contributed by atoms with E-state index in [9.17, 15) is 4.39 Å². The lowest BCUT2D eigenvalue weighted by molar-refractivity contribution is 0.201. The molecule has 22 heavy (non-hydrogen) atoms. The predicted molar refractivity (Wildman–Crippen MR) is 79.5 cm³/mol. The minimum absolute atomic E-state index is 0.118. The molecule has 0 fully saturated rings.